The number of carbonyl (C=O) groups is 2. The largest absolute Gasteiger partial charge is 0.459 e. The number of fused-ring (bicyclic) bond motifs is 1. The zero-order chi connectivity index (χ0) is 18.8. The lowest BCUT2D eigenvalue weighted by atomic mass is 10.1. The second-order valence-electron chi connectivity index (χ2n) is 6.16. The van der Waals surface area contributed by atoms with Crippen LogP contribution in [-0.4, -0.2) is 35.0 Å². The van der Waals surface area contributed by atoms with Crippen molar-refractivity contribution in [3.63, 3.8) is 0 Å². The normalized spacial score (nSPS) is 12.9. The molecule has 0 saturated heterocycles. The van der Waals surface area contributed by atoms with Gasteiger partial charge in [-0.3, -0.25) is 9.59 Å². The summed E-state index contributed by atoms with van der Waals surface area (Å²) in [6, 6.07) is 8.91. The Morgan fingerprint density at radius 3 is 2.93 bits per heavy atom. The standard InChI is InChI=1S/C19H18N4O4/c1-2-16-21-18(22-27-16)13-5-6-14-12(10-13)7-8-23(14)17(24)11-20-19(25)15-4-3-9-26-15/h3-6,9-10H,2,7-8,11H2,1H3,(H,20,25). The van der Waals surface area contributed by atoms with E-state index in [0.717, 1.165) is 23.2 Å². The van der Waals surface area contributed by atoms with Crippen molar-refractivity contribution in [2.45, 2.75) is 19.8 Å². The molecule has 0 radical (unpaired) electrons. The molecular formula is C19H18N4O4. The van der Waals surface area contributed by atoms with Gasteiger partial charge in [0, 0.05) is 24.2 Å². The highest BCUT2D eigenvalue weighted by Crippen LogP contribution is 2.31. The third-order valence-corrected chi connectivity index (χ3v) is 4.45. The van der Waals surface area contributed by atoms with Gasteiger partial charge in [0.25, 0.3) is 5.91 Å². The second kappa shape index (κ2) is 7.06. The Hall–Kier alpha value is -3.42. The first-order valence-electron chi connectivity index (χ1n) is 8.73. The number of rotatable bonds is 5. The molecule has 1 aliphatic rings. The molecule has 0 fully saturated rings. The summed E-state index contributed by atoms with van der Waals surface area (Å²) in [7, 11) is 0. The van der Waals surface area contributed by atoms with E-state index in [-0.39, 0.29) is 18.2 Å². The van der Waals surface area contributed by atoms with Crippen LogP contribution in [0.2, 0.25) is 0 Å². The van der Waals surface area contributed by atoms with Crippen molar-refractivity contribution >= 4 is 17.5 Å². The van der Waals surface area contributed by atoms with Crippen LogP contribution in [0.4, 0.5) is 5.69 Å². The van der Waals surface area contributed by atoms with Gasteiger partial charge >= 0.3 is 0 Å². The van der Waals surface area contributed by atoms with Crippen molar-refractivity contribution in [3.05, 3.63) is 53.8 Å². The molecular weight excluding hydrogens is 348 g/mol. The highest BCUT2D eigenvalue weighted by atomic mass is 16.5. The van der Waals surface area contributed by atoms with E-state index < -0.39 is 5.91 Å². The number of hydrogen-bond acceptors (Lipinski definition) is 6. The summed E-state index contributed by atoms with van der Waals surface area (Å²) in [5, 5.41) is 6.57. The molecule has 4 rings (SSSR count). The van der Waals surface area contributed by atoms with E-state index in [4.69, 9.17) is 8.94 Å². The summed E-state index contributed by atoms with van der Waals surface area (Å²) in [6.45, 7) is 2.43. The molecule has 8 heteroatoms. The molecule has 8 nitrogen and oxygen atoms in total. The zero-order valence-corrected chi connectivity index (χ0v) is 14.8. The molecule has 1 aliphatic heterocycles. The molecule has 0 spiro atoms. The highest BCUT2D eigenvalue weighted by Gasteiger charge is 2.26. The van der Waals surface area contributed by atoms with Gasteiger partial charge in [-0.2, -0.15) is 4.98 Å². The van der Waals surface area contributed by atoms with Crippen LogP contribution in [0.15, 0.2) is 45.5 Å². The van der Waals surface area contributed by atoms with Gasteiger partial charge in [-0.1, -0.05) is 12.1 Å². The van der Waals surface area contributed by atoms with Gasteiger partial charge in [-0.25, -0.2) is 0 Å². The molecule has 0 atom stereocenters. The fourth-order valence-electron chi connectivity index (χ4n) is 3.06. The Morgan fingerprint density at radius 2 is 2.19 bits per heavy atom. The topological polar surface area (TPSA) is 101 Å². The maximum Gasteiger partial charge on any atom is 0.287 e. The van der Waals surface area contributed by atoms with Crippen molar-refractivity contribution < 1.29 is 18.5 Å². The van der Waals surface area contributed by atoms with E-state index >= 15 is 0 Å². The highest BCUT2D eigenvalue weighted by molar-refractivity contribution is 6.00. The van der Waals surface area contributed by atoms with Gasteiger partial charge < -0.3 is 19.2 Å². The number of carbonyl (C=O) groups excluding carboxylic acids is 2. The van der Waals surface area contributed by atoms with E-state index in [2.05, 4.69) is 15.5 Å². The van der Waals surface area contributed by atoms with E-state index in [1.165, 1.54) is 6.26 Å². The third kappa shape index (κ3) is 3.33. The Kier molecular flexibility index (Phi) is 4.45. The maximum atomic E-state index is 12.5. The van der Waals surface area contributed by atoms with Crippen LogP contribution in [0.1, 0.15) is 28.9 Å². The molecule has 1 N–H and O–H groups in total. The Morgan fingerprint density at radius 1 is 1.30 bits per heavy atom. The molecule has 0 saturated carbocycles. The quantitative estimate of drug-likeness (QED) is 0.743. The van der Waals surface area contributed by atoms with Crippen molar-refractivity contribution in [3.8, 4) is 11.4 Å². The fraction of sp³-hybridized carbons (Fsp3) is 0.263. The van der Waals surface area contributed by atoms with Gasteiger partial charge in [0.2, 0.25) is 17.6 Å². The average molecular weight is 366 g/mol. The van der Waals surface area contributed by atoms with Crippen LogP contribution in [-0.2, 0) is 17.6 Å². The Labute approximate surface area is 155 Å². The first-order valence-corrected chi connectivity index (χ1v) is 8.73. The second-order valence-corrected chi connectivity index (χ2v) is 6.16. The van der Waals surface area contributed by atoms with Crippen LogP contribution in [0.25, 0.3) is 11.4 Å². The minimum Gasteiger partial charge on any atom is -0.459 e. The molecule has 0 bridgehead atoms. The summed E-state index contributed by atoms with van der Waals surface area (Å²) < 4.78 is 10.2. The average Bonchev–Trinajstić information content (AvgIpc) is 3.45. The summed E-state index contributed by atoms with van der Waals surface area (Å²) in [6.07, 6.45) is 2.84. The van der Waals surface area contributed by atoms with Gasteiger partial charge in [0.1, 0.15) is 0 Å². The number of nitrogens with one attached hydrogen (secondary N) is 1. The summed E-state index contributed by atoms with van der Waals surface area (Å²) in [5.41, 5.74) is 2.74. The number of nitrogens with zero attached hydrogens (tertiary/aromatic N) is 3. The Balaban J connectivity index is 1.45. The van der Waals surface area contributed by atoms with E-state index in [1.54, 1.807) is 17.0 Å². The molecule has 1 aromatic carbocycles. The molecule has 0 unspecified atom stereocenters. The van der Waals surface area contributed by atoms with Crippen LogP contribution in [0.3, 0.4) is 0 Å². The number of aromatic nitrogens is 2. The molecule has 3 heterocycles. The maximum absolute atomic E-state index is 12.5. The number of aryl methyl sites for hydroxylation is 1. The number of furan rings is 1. The molecule has 3 aromatic rings. The molecule has 0 aliphatic carbocycles. The minimum atomic E-state index is -0.410. The minimum absolute atomic E-state index is 0.0918. The lowest BCUT2D eigenvalue weighted by Crippen LogP contribution is -2.39. The van der Waals surface area contributed by atoms with Crippen LogP contribution in [0.5, 0.6) is 0 Å². The van der Waals surface area contributed by atoms with Gasteiger partial charge in [-0.05, 0) is 42.3 Å². The smallest absolute Gasteiger partial charge is 0.287 e. The predicted molar refractivity (Wildman–Crippen MR) is 96.2 cm³/mol. The van der Waals surface area contributed by atoms with Crippen molar-refractivity contribution in [2.75, 3.05) is 18.0 Å². The van der Waals surface area contributed by atoms with Gasteiger partial charge in [-0.15, -0.1) is 0 Å². The van der Waals surface area contributed by atoms with Crippen LogP contribution < -0.4 is 10.2 Å². The zero-order valence-electron chi connectivity index (χ0n) is 14.8. The van der Waals surface area contributed by atoms with Crippen molar-refractivity contribution in [2.24, 2.45) is 0 Å². The van der Waals surface area contributed by atoms with Crippen LogP contribution in [0, 0.1) is 0 Å². The molecule has 2 aromatic heterocycles. The third-order valence-electron chi connectivity index (χ3n) is 4.45. The Bertz CT molecular complexity index is 978. The van der Waals surface area contributed by atoms with E-state index in [9.17, 15) is 9.59 Å². The van der Waals surface area contributed by atoms with Crippen LogP contribution >= 0.6 is 0 Å². The molecule has 27 heavy (non-hydrogen) atoms. The fourth-order valence-corrected chi connectivity index (χ4v) is 3.06. The lowest BCUT2D eigenvalue weighted by molar-refractivity contribution is -0.117. The first kappa shape index (κ1) is 17.0. The van der Waals surface area contributed by atoms with Gasteiger partial charge in [0.05, 0.1) is 12.8 Å². The molecule has 138 valence electrons. The summed E-state index contributed by atoms with van der Waals surface area (Å²) in [4.78, 5) is 30.4. The number of benzene rings is 1. The lowest BCUT2D eigenvalue weighted by Gasteiger charge is -2.17. The summed E-state index contributed by atoms with van der Waals surface area (Å²) >= 11 is 0. The number of hydrogen-bond donors (Lipinski definition) is 1. The van der Waals surface area contributed by atoms with Crippen molar-refractivity contribution in [1.82, 2.24) is 15.5 Å². The number of amides is 2. The predicted octanol–water partition coefficient (Wildman–Crippen LogP) is 2.21. The van der Waals surface area contributed by atoms with E-state index in [0.29, 0.717) is 24.7 Å². The summed E-state index contributed by atoms with van der Waals surface area (Å²) in [5.74, 6) is 0.738. The number of anilines is 1. The van der Waals surface area contributed by atoms with Gasteiger partial charge in [0.15, 0.2) is 5.76 Å². The SMILES string of the molecule is CCc1nc(-c2ccc3c(c2)CCN3C(=O)CNC(=O)c2ccco2)no1. The van der Waals surface area contributed by atoms with E-state index in [1.807, 2.05) is 25.1 Å². The first-order chi connectivity index (χ1) is 13.2. The van der Waals surface area contributed by atoms with Crippen molar-refractivity contribution in [1.29, 1.82) is 0 Å². The monoisotopic (exact) mass is 366 g/mol. The molecule has 2 amide bonds.